The highest BCUT2D eigenvalue weighted by Gasteiger charge is 2.27. The molecule has 7 heteroatoms. The average Bonchev–Trinajstić information content (AvgIpc) is 3.03. The summed E-state index contributed by atoms with van der Waals surface area (Å²) in [4.78, 5) is 0. The molecule has 2 aromatic carbocycles. The molecule has 0 unspecified atom stereocenters. The molecule has 0 aliphatic carbocycles. The molecular weight excluding hydrogens is 369 g/mol. The molecule has 1 saturated heterocycles. The van der Waals surface area contributed by atoms with Crippen molar-refractivity contribution in [2.24, 2.45) is 0 Å². The molecule has 1 heterocycles. The first kappa shape index (κ1) is 21.6. The topological polar surface area (TPSA) is 33.3 Å². The monoisotopic (exact) mass is 390 g/mol. The molecular formula is C18H22Cl2F2N2O. The van der Waals surface area contributed by atoms with E-state index in [-0.39, 0.29) is 42.6 Å². The minimum absolute atomic E-state index is 0. The van der Waals surface area contributed by atoms with Crippen LogP contribution in [0.1, 0.15) is 23.6 Å². The Hall–Kier alpha value is -1.40. The number of hydrogen-bond acceptors (Lipinski definition) is 3. The van der Waals surface area contributed by atoms with Gasteiger partial charge in [-0.25, -0.2) is 0 Å². The number of ether oxygens (including phenoxy) is 1. The van der Waals surface area contributed by atoms with E-state index < -0.39 is 6.61 Å². The van der Waals surface area contributed by atoms with E-state index in [2.05, 4.69) is 27.5 Å². The fraction of sp³-hybridized carbons (Fsp3) is 0.333. The maximum absolute atomic E-state index is 12.5. The highest BCUT2D eigenvalue weighted by Crippen LogP contribution is 2.25. The zero-order valence-electron chi connectivity index (χ0n) is 13.5. The first-order valence-corrected chi connectivity index (χ1v) is 7.78. The van der Waals surface area contributed by atoms with Gasteiger partial charge in [-0.3, -0.25) is 0 Å². The van der Waals surface area contributed by atoms with E-state index in [1.165, 1.54) is 5.56 Å². The molecule has 0 radical (unpaired) electrons. The lowest BCUT2D eigenvalue weighted by Crippen LogP contribution is -2.34. The summed E-state index contributed by atoms with van der Waals surface area (Å²) in [7, 11) is 0. The third kappa shape index (κ3) is 5.82. The molecule has 0 spiro atoms. The SMILES string of the molecule is Cl.Cl.FC(F)Oc1ccccc1CN[C@H]1CCN[C@H]1c1ccccc1. The molecule has 1 fully saturated rings. The summed E-state index contributed by atoms with van der Waals surface area (Å²) in [6.45, 7) is -1.37. The van der Waals surface area contributed by atoms with Crippen LogP contribution in [0.3, 0.4) is 0 Å². The van der Waals surface area contributed by atoms with Crippen LogP contribution in [0.4, 0.5) is 8.78 Å². The first-order chi connectivity index (χ1) is 11.2. The van der Waals surface area contributed by atoms with Crippen molar-refractivity contribution >= 4 is 24.8 Å². The number of halogens is 4. The van der Waals surface area contributed by atoms with E-state index in [0.29, 0.717) is 6.54 Å². The fourth-order valence-electron chi connectivity index (χ4n) is 3.04. The van der Waals surface area contributed by atoms with Gasteiger partial charge >= 0.3 is 6.61 Å². The molecule has 0 aromatic heterocycles. The Kier molecular flexibility index (Phi) is 9.14. The average molecular weight is 391 g/mol. The predicted molar refractivity (Wildman–Crippen MR) is 100 cm³/mol. The van der Waals surface area contributed by atoms with Crippen LogP contribution in [0.5, 0.6) is 5.75 Å². The molecule has 2 aromatic rings. The second-order valence-corrected chi connectivity index (χ2v) is 5.60. The lowest BCUT2D eigenvalue weighted by Gasteiger charge is -2.22. The molecule has 138 valence electrons. The van der Waals surface area contributed by atoms with Crippen LogP contribution in [0.15, 0.2) is 54.6 Å². The summed E-state index contributed by atoms with van der Waals surface area (Å²) in [5.41, 5.74) is 1.98. The van der Waals surface area contributed by atoms with Gasteiger partial charge in [0.15, 0.2) is 0 Å². The van der Waals surface area contributed by atoms with Crippen molar-refractivity contribution in [1.29, 1.82) is 0 Å². The maximum Gasteiger partial charge on any atom is 0.387 e. The van der Waals surface area contributed by atoms with E-state index in [1.807, 2.05) is 30.3 Å². The Bertz CT molecular complexity index is 631. The summed E-state index contributed by atoms with van der Waals surface area (Å²) >= 11 is 0. The molecule has 1 aliphatic heterocycles. The molecule has 1 aliphatic rings. The zero-order valence-corrected chi connectivity index (χ0v) is 15.2. The molecule has 3 nitrogen and oxygen atoms in total. The number of alkyl halides is 2. The van der Waals surface area contributed by atoms with Gasteiger partial charge in [0.2, 0.25) is 0 Å². The van der Waals surface area contributed by atoms with Gasteiger partial charge in [0.1, 0.15) is 5.75 Å². The second-order valence-electron chi connectivity index (χ2n) is 5.60. The van der Waals surface area contributed by atoms with Gasteiger partial charge in [-0.05, 0) is 24.6 Å². The summed E-state index contributed by atoms with van der Waals surface area (Å²) in [5, 5.41) is 6.97. The number of hydrogen-bond donors (Lipinski definition) is 2. The standard InChI is InChI=1S/C18H20F2N2O.2ClH/c19-18(20)23-16-9-5-4-8-14(16)12-22-15-10-11-21-17(15)13-6-2-1-3-7-13;;/h1-9,15,17-18,21-22H,10-12H2;2*1H/t15-,17-;;/m0../s1. The predicted octanol–water partition coefficient (Wildman–Crippen LogP) is 4.32. The maximum atomic E-state index is 12.5. The van der Waals surface area contributed by atoms with Gasteiger partial charge in [0.25, 0.3) is 0 Å². The summed E-state index contributed by atoms with van der Waals surface area (Å²) in [5.74, 6) is 0.234. The van der Waals surface area contributed by atoms with E-state index in [1.54, 1.807) is 12.1 Å². The van der Waals surface area contributed by atoms with Gasteiger partial charge in [-0.1, -0.05) is 48.5 Å². The first-order valence-electron chi connectivity index (χ1n) is 7.78. The Balaban J connectivity index is 0.00000156. The molecule has 2 atom stereocenters. The van der Waals surface area contributed by atoms with E-state index in [4.69, 9.17) is 0 Å². The van der Waals surface area contributed by atoms with Gasteiger partial charge in [-0.2, -0.15) is 8.78 Å². The molecule has 0 amide bonds. The van der Waals surface area contributed by atoms with Crippen molar-refractivity contribution in [1.82, 2.24) is 10.6 Å². The van der Waals surface area contributed by atoms with E-state index >= 15 is 0 Å². The van der Waals surface area contributed by atoms with Crippen molar-refractivity contribution in [3.8, 4) is 5.75 Å². The summed E-state index contributed by atoms with van der Waals surface area (Å²) in [6, 6.07) is 17.7. The van der Waals surface area contributed by atoms with Crippen molar-refractivity contribution in [2.45, 2.75) is 31.7 Å². The molecule has 2 N–H and O–H groups in total. The Morgan fingerprint density at radius 3 is 2.44 bits per heavy atom. The van der Waals surface area contributed by atoms with Crippen LogP contribution >= 0.6 is 24.8 Å². The highest BCUT2D eigenvalue weighted by atomic mass is 35.5. The zero-order chi connectivity index (χ0) is 16.1. The van der Waals surface area contributed by atoms with Crippen molar-refractivity contribution in [3.05, 3.63) is 65.7 Å². The minimum atomic E-state index is -2.80. The van der Waals surface area contributed by atoms with Gasteiger partial charge in [-0.15, -0.1) is 24.8 Å². The number of benzene rings is 2. The van der Waals surface area contributed by atoms with Gasteiger partial charge in [0, 0.05) is 24.2 Å². The van der Waals surface area contributed by atoms with Crippen LogP contribution < -0.4 is 15.4 Å². The summed E-state index contributed by atoms with van der Waals surface area (Å²) < 4.78 is 29.5. The molecule has 3 rings (SSSR count). The fourth-order valence-corrected chi connectivity index (χ4v) is 3.04. The van der Waals surface area contributed by atoms with Crippen LogP contribution in [0.2, 0.25) is 0 Å². The largest absolute Gasteiger partial charge is 0.434 e. The van der Waals surface area contributed by atoms with Crippen LogP contribution in [0, 0.1) is 0 Å². The highest BCUT2D eigenvalue weighted by molar-refractivity contribution is 5.85. The van der Waals surface area contributed by atoms with Crippen LogP contribution in [0.25, 0.3) is 0 Å². The molecule has 0 saturated carbocycles. The normalized spacial score (nSPS) is 19.2. The number of rotatable bonds is 6. The van der Waals surface area contributed by atoms with Crippen molar-refractivity contribution in [2.75, 3.05) is 6.54 Å². The summed E-state index contributed by atoms with van der Waals surface area (Å²) in [6.07, 6.45) is 0.997. The number of para-hydroxylation sites is 1. The smallest absolute Gasteiger partial charge is 0.387 e. The van der Waals surface area contributed by atoms with Gasteiger partial charge in [0.05, 0.1) is 0 Å². The quantitative estimate of drug-likeness (QED) is 0.770. The van der Waals surface area contributed by atoms with Crippen LogP contribution in [-0.2, 0) is 6.54 Å². The Morgan fingerprint density at radius 2 is 1.72 bits per heavy atom. The Labute approximate surface area is 159 Å². The van der Waals surface area contributed by atoms with Crippen molar-refractivity contribution < 1.29 is 13.5 Å². The third-order valence-corrected chi connectivity index (χ3v) is 4.12. The number of nitrogens with one attached hydrogen (secondary N) is 2. The van der Waals surface area contributed by atoms with E-state index in [9.17, 15) is 8.78 Å². The second kappa shape index (κ2) is 10.6. The lowest BCUT2D eigenvalue weighted by molar-refractivity contribution is -0.0505. The van der Waals surface area contributed by atoms with Crippen molar-refractivity contribution in [3.63, 3.8) is 0 Å². The third-order valence-electron chi connectivity index (χ3n) is 4.12. The Morgan fingerprint density at radius 1 is 1.04 bits per heavy atom. The molecule has 0 bridgehead atoms. The van der Waals surface area contributed by atoms with Gasteiger partial charge < -0.3 is 15.4 Å². The minimum Gasteiger partial charge on any atom is -0.434 e. The van der Waals surface area contributed by atoms with Crippen LogP contribution in [-0.4, -0.2) is 19.2 Å². The molecule has 25 heavy (non-hydrogen) atoms. The van der Waals surface area contributed by atoms with E-state index in [0.717, 1.165) is 18.5 Å². The lowest BCUT2D eigenvalue weighted by atomic mass is 10.0.